The standard InChI is InChI=1S/C16H24ClN3O/c1-20(15-9-5-2-6-12(15)10-18)11-16(21)19-14-8-4-3-7-13(14)17/h3-4,7-8,12,15H,2,5-6,9-11,18H2,1H3,(H,19,21). The maximum atomic E-state index is 12.2. The fourth-order valence-electron chi connectivity index (χ4n) is 3.14. The van der Waals surface area contributed by atoms with Gasteiger partial charge in [0.05, 0.1) is 17.3 Å². The molecule has 5 heteroatoms. The van der Waals surface area contributed by atoms with Crippen LogP contribution in [0.25, 0.3) is 0 Å². The summed E-state index contributed by atoms with van der Waals surface area (Å²) in [4.78, 5) is 14.3. The number of hydrogen-bond donors (Lipinski definition) is 2. The number of nitrogens with zero attached hydrogens (tertiary/aromatic N) is 1. The van der Waals surface area contributed by atoms with E-state index in [1.807, 2.05) is 25.2 Å². The van der Waals surface area contributed by atoms with Crippen molar-refractivity contribution in [3.05, 3.63) is 29.3 Å². The maximum Gasteiger partial charge on any atom is 0.238 e. The van der Waals surface area contributed by atoms with Crippen LogP contribution in [0.15, 0.2) is 24.3 Å². The minimum atomic E-state index is -0.0352. The predicted octanol–water partition coefficient (Wildman–Crippen LogP) is 2.73. The van der Waals surface area contributed by atoms with Gasteiger partial charge in [-0.05, 0) is 44.5 Å². The highest BCUT2D eigenvalue weighted by atomic mass is 35.5. The van der Waals surface area contributed by atoms with Crippen LogP contribution in [0.1, 0.15) is 25.7 Å². The molecule has 1 aromatic rings. The Hall–Kier alpha value is -1.10. The molecule has 1 amide bonds. The van der Waals surface area contributed by atoms with Crippen molar-refractivity contribution in [2.45, 2.75) is 31.7 Å². The molecule has 1 fully saturated rings. The fourth-order valence-corrected chi connectivity index (χ4v) is 3.32. The summed E-state index contributed by atoms with van der Waals surface area (Å²) in [5.41, 5.74) is 6.52. The van der Waals surface area contributed by atoms with Gasteiger partial charge in [-0.1, -0.05) is 36.6 Å². The van der Waals surface area contributed by atoms with Crippen molar-refractivity contribution < 1.29 is 4.79 Å². The van der Waals surface area contributed by atoms with E-state index in [1.165, 1.54) is 12.8 Å². The van der Waals surface area contributed by atoms with Crippen LogP contribution in [-0.2, 0) is 4.79 Å². The van der Waals surface area contributed by atoms with E-state index in [4.69, 9.17) is 17.3 Å². The molecule has 2 atom stereocenters. The second kappa shape index (κ2) is 7.78. The summed E-state index contributed by atoms with van der Waals surface area (Å²) in [7, 11) is 2.00. The molecule has 0 aromatic heterocycles. The summed E-state index contributed by atoms with van der Waals surface area (Å²) in [5, 5.41) is 3.43. The predicted molar refractivity (Wildman–Crippen MR) is 87.5 cm³/mol. The number of anilines is 1. The molecule has 1 saturated carbocycles. The molecule has 3 N–H and O–H groups in total. The second-order valence-corrected chi connectivity index (χ2v) is 6.20. The number of rotatable bonds is 5. The van der Waals surface area contributed by atoms with Crippen molar-refractivity contribution in [2.24, 2.45) is 11.7 Å². The Bertz CT molecular complexity index is 480. The quantitative estimate of drug-likeness (QED) is 0.879. The van der Waals surface area contributed by atoms with Crippen LogP contribution in [0.3, 0.4) is 0 Å². The summed E-state index contributed by atoms with van der Waals surface area (Å²) in [6.07, 6.45) is 4.76. The summed E-state index contributed by atoms with van der Waals surface area (Å²) >= 11 is 6.05. The first-order valence-corrected chi connectivity index (χ1v) is 7.94. The highest BCUT2D eigenvalue weighted by molar-refractivity contribution is 6.33. The van der Waals surface area contributed by atoms with Crippen LogP contribution in [-0.4, -0.2) is 37.0 Å². The summed E-state index contributed by atoms with van der Waals surface area (Å²) < 4.78 is 0. The van der Waals surface area contributed by atoms with Gasteiger partial charge in [0.2, 0.25) is 5.91 Å². The molecule has 4 nitrogen and oxygen atoms in total. The molecular formula is C16H24ClN3O. The Kier molecular flexibility index (Phi) is 6.03. The summed E-state index contributed by atoms with van der Waals surface area (Å²) in [6.45, 7) is 1.06. The van der Waals surface area contributed by atoms with Crippen molar-refractivity contribution in [3.63, 3.8) is 0 Å². The molecule has 0 aliphatic heterocycles. The van der Waals surface area contributed by atoms with E-state index in [0.29, 0.717) is 35.8 Å². The first-order valence-electron chi connectivity index (χ1n) is 7.56. The van der Waals surface area contributed by atoms with Crippen LogP contribution in [0.4, 0.5) is 5.69 Å². The SMILES string of the molecule is CN(CC(=O)Nc1ccccc1Cl)C1CCCCC1CN. The Labute approximate surface area is 131 Å². The Morgan fingerprint density at radius 1 is 1.38 bits per heavy atom. The van der Waals surface area contributed by atoms with E-state index < -0.39 is 0 Å². The monoisotopic (exact) mass is 309 g/mol. The van der Waals surface area contributed by atoms with E-state index in [1.54, 1.807) is 6.07 Å². The van der Waals surface area contributed by atoms with E-state index in [2.05, 4.69) is 10.2 Å². The number of halogens is 1. The van der Waals surface area contributed by atoms with Gasteiger partial charge in [-0.2, -0.15) is 0 Å². The van der Waals surface area contributed by atoms with Gasteiger partial charge in [0.25, 0.3) is 0 Å². The Morgan fingerprint density at radius 2 is 2.10 bits per heavy atom. The fraction of sp³-hybridized carbons (Fsp3) is 0.562. The van der Waals surface area contributed by atoms with Crippen molar-refractivity contribution >= 4 is 23.2 Å². The second-order valence-electron chi connectivity index (χ2n) is 5.79. The number of hydrogen-bond acceptors (Lipinski definition) is 3. The van der Waals surface area contributed by atoms with Gasteiger partial charge in [0.1, 0.15) is 0 Å². The van der Waals surface area contributed by atoms with Crippen molar-refractivity contribution in [3.8, 4) is 0 Å². The molecular weight excluding hydrogens is 286 g/mol. The highest BCUT2D eigenvalue weighted by Crippen LogP contribution is 2.27. The van der Waals surface area contributed by atoms with E-state index in [9.17, 15) is 4.79 Å². The third kappa shape index (κ3) is 4.43. The Morgan fingerprint density at radius 3 is 2.81 bits per heavy atom. The lowest BCUT2D eigenvalue weighted by atomic mass is 9.84. The minimum Gasteiger partial charge on any atom is -0.330 e. The minimum absolute atomic E-state index is 0.0352. The molecule has 0 heterocycles. The van der Waals surface area contributed by atoms with Gasteiger partial charge >= 0.3 is 0 Å². The summed E-state index contributed by atoms with van der Waals surface area (Å²) in [6, 6.07) is 7.69. The lowest BCUT2D eigenvalue weighted by Crippen LogP contribution is -2.45. The first-order chi connectivity index (χ1) is 10.1. The third-order valence-electron chi connectivity index (χ3n) is 4.28. The van der Waals surface area contributed by atoms with Crippen LogP contribution in [0.5, 0.6) is 0 Å². The van der Waals surface area contributed by atoms with Gasteiger partial charge < -0.3 is 11.1 Å². The van der Waals surface area contributed by atoms with Gasteiger partial charge in [-0.25, -0.2) is 0 Å². The third-order valence-corrected chi connectivity index (χ3v) is 4.61. The number of carbonyl (C=O) groups is 1. The maximum absolute atomic E-state index is 12.2. The van der Waals surface area contributed by atoms with Crippen molar-refractivity contribution in [1.82, 2.24) is 4.90 Å². The van der Waals surface area contributed by atoms with E-state index >= 15 is 0 Å². The number of nitrogens with one attached hydrogen (secondary N) is 1. The number of benzene rings is 1. The van der Waals surface area contributed by atoms with Crippen molar-refractivity contribution in [2.75, 3.05) is 25.5 Å². The normalized spacial score (nSPS) is 22.3. The van der Waals surface area contributed by atoms with Crippen molar-refractivity contribution in [1.29, 1.82) is 0 Å². The molecule has 2 unspecified atom stereocenters. The molecule has 0 bridgehead atoms. The van der Waals surface area contributed by atoms with Gasteiger partial charge in [0, 0.05) is 6.04 Å². The van der Waals surface area contributed by atoms with E-state index in [-0.39, 0.29) is 5.91 Å². The lowest BCUT2D eigenvalue weighted by Gasteiger charge is -2.37. The zero-order valence-corrected chi connectivity index (χ0v) is 13.3. The molecule has 1 aromatic carbocycles. The molecule has 0 spiro atoms. The highest BCUT2D eigenvalue weighted by Gasteiger charge is 2.28. The summed E-state index contributed by atoms with van der Waals surface area (Å²) in [5.74, 6) is 0.462. The zero-order valence-electron chi connectivity index (χ0n) is 12.5. The van der Waals surface area contributed by atoms with Crippen LogP contribution in [0, 0.1) is 5.92 Å². The largest absolute Gasteiger partial charge is 0.330 e. The zero-order chi connectivity index (χ0) is 15.2. The van der Waals surface area contributed by atoms with Crippen LogP contribution >= 0.6 is 11.6 Å². The molecule has 1 aliphatic carbocycles. The first kappa shape index (κ1) is 16.3. The average molecular weight is 310 g/mol. The average Bonchev–Trinajstić information content (AvgIpc) is 2.49. The van der Waals surface area contributed by atoms with Gasteiger partial charge in [-0.15, -0.1) is 0 Å². The Balaban J connectivity index is 1.91. The number of amides is 1. The van der Waals surface area contributed by atoms with Crippen LogP contribution in [0.2, 0.25) is 5.02 Å². The lowest BCUT2D eigenvalue weighted by molar-refractivity contribution is -0.117. The number of para-hydroxylation sites is 1. The molecule has 116 valence electrons. The topological polar surface area (TPSA) is 58.4 Å². The molecule has 21 heavy (non-hydrogen) atoms. The van der Waals surface area contributed by atoms with E-state index in [0.717, 1.165) is 12.8 Å². The molecule has 0 radical (unpaired) electrons. The number of likely N-dealkylation sites (N-methyl/N-ethyl adjacent to an activating group) is 1. The smallest absolute Gasteiger partial charge is 0.238 e. The van der Waals surface area contributed by atoms with Gasteiger partial charge in [0.15, 0.2) is 0 Å². The molecule has 2 rings (SSSR count). The number of nitrogens with two attached hydrogens (primary N) is 1. The van der Waals surface area contributed by atoms with Crippen LogP contribution < -0.4 is 11.1 Å². The molecule has 0 saturated heterocycles. The number of carbonyl (C=O) groups excluding carboxylic acids is 1. The molecule has 1 aliphatic rings. The van der Waals surface area contributed by atoms with Gasteiger partial charge in [-0.3, -0.25) is 9.69 Å².